The first-order valence-electron chi connectivity index (χ1n) is 9.74. The Morgan fingerprint density at radius 3 is 2.46 bits per heavy atom. The van der Waals surface area contributed by atoms with Gasteiger partial charge in [0.2, 0.25) is 5.91 Å². The first kappa shape index (κ1) is 20.4. The molecule has 0 saturated carbocycles. The van der Waals surface area contributed by atoms with Crippen LogP contribution in [0.4, 0.5) is 9.52 Å². The van der Waals surface area contributed by atoms with Crippen molar-refractivity contribution in [2.75, 3.05) is 31.1 Å². The number of benzene rings is 2. The van der Waals surface area contributed by atoms with Gasteiger partial charge in [-0.05, 0) is 37.2 Å². The quantitative estimate of drug-likeness (QED) is 0.521. The lowest BCUT2D eigenvalue weighted by molar-refractivity contribution is -0.118. The molecule has 0 saturated heterocycles. The molecule has 0 bridgehead atoms. The second-order valence-corrected chi connectivity index (χ2v) is 7.65. The molecule has 0 atom stereocenters. The van der Waals surface area contributed by atoms with E-state index < -0.39 is 0 Å². The van der Waals surface area contributed by atoms with Crippen LogP contribution in [0.1, 0.15) is 25.8 Å². The van der Waals surface area contributed by atoms with E-state index in [0.29, 0.717) is 30.0 Å². The predicted molar refractivity (Wildman–Crippen MR) is 114 cm³/mol. The molecule has 3 rings (SSSR count). The highest BCUT2D eigenvalue weighted by atomic mass is 32.1. The van der Waals surface area contributed by atoms with E-state index in [4.69, 9.17) is 0 Å². The lowest BCUT2D eigenvalue weighted by Crippen LogP contribution is -2.39. The van der Waals surface area contributed by atoms with Crippen molar-refractivity contribution in [3.05, 3.63) is 59.9 Å². The van der Waals surface area contributed by atoms with Crippen molar-refractivity contribution in [2.45, 2.75) is 26.7 Å². The van der Waals surface area contributed by atoms with Crippen LogP contribution in [-0.2, 0) is 11.2 Å². The molecular weight excluding hydrogens is 373 g/mol. The highest BCUT2D eigenvalue weighted by Gasteiger charge is 2.21. The van der Waals surface area contributed by atoms with Crippen molar-refractivity contribution in [2.24, 2.45) is 0 Å². The number of para-hydroxylation sites is 1. The summed E-state index contributed by atoms with van der Waals surface area (Å²) in [6.07, 6.45) is 1.08. The number of halogens is 1. The Hall–Kier alpha value is -2.31. The Morgan fingerprint density at radius 1 is 1.04 bits per heavy atom. The van der Waals surface area contributed by atoms with Crippen molar-refractivity contribution >= 4 is 32.6 Å². The fourth-order valence-corrected chi connectivity index (χ4v) is 4.18. The molecule has 1 amide bonds. The average Bonchev–Trinajstić information content (AvgIpc) is 3.15. The number of carbonyl (C=O) groups excluding carboxylic acids is 1. The zero-order valence-electron chi connectivity index (χ0n) is 16.4. The predicted octanol–water partition coefficient (Wildman–Crippen LogP) is 4.74. The molecule has 2 aromatic carbocycles. The summed E-state index contributed by atoms with van der Waals surface area (Å²) in [7, 11) is 0. The van der Waals surface area contributed by atoms with E-state index in [1.807, 2.05) is 36.4 Å². The molecule has 0 N–H and O–H groups in total. The molecule has 0 aliphatic carbocycles. The van der Waals surface area contributed by atoms with E-state index in [-0.39, 0.29) is 11.7 Å². The SMILES string of the molecule is CCN(CC)CCN(C(=O)CCc1ccccc1)c1nc2c(F)cccc2s1. The van der Waals surface area contributed by atoms with E-state index in [1.165, 1.54) is 17.4 Å². The first-order chi connectivity index (χ1) is 13.6. The van der Waals surface area contributed by atoms with Gasteiger partial charge in [-0.25, -0.2) is 9.37 Å². The maximum Gasteiger partial charge on any atom is 0.229 e. The highest BCUT2D eigenvalue weighted by molar-refractivity contribution is 7.22. The Labute approximate surface area is 169 Å². The minimum atomic E-state index is -0.347. The second-order valence-electron chi connectivity index (χ2n) is 6.64. The first-order valence-corrected chi connectivity index (χ1v) is 10.6. The molecule has 0 aliphatic heterocycles. The lowest BCUT2D eigenvalue weighted by Gasteiger charge is -2.24. The van der Waals surface area contributed by atoms with Crippen LogP contribution in [0.3, 0.4) is 0 Å². The number of thiazole rings is 1. The summed E-state index contributed by atoms with van der Waals surface area (Å²) in [4.78, 5) is 21.5. The number of hydrogen-bond acceptors (Lipinski definition) is 4. The lowest BCUT2D eigenvalue weighted by atomic mass is 10.1. The van der Waals surface area contributed by atoms with Crippen LogP contribution < -0.4 is 4.90 Å². The second kappa shape index (κ2) is 9.75. The third kappa shape index (κ3) is 4.94. The number of aryl methyl sites for hydroxylation is 1. The number of hydrogen-bond donors (Lipinski definition) is 0. The average molecular weight is 400 g/mol. The number of fused-ring (bicyclic) bond motifs is 1. The van der Waals surface area contributed by atoms with Crippen molar-refractivity contribution in [3.63, 3.8) is 0 Å². The van der Waals surface area contributed by atoms with Crippen LogP contribution in [0.15, 0.2) is 48.5 Å². The van der Waals surface area contributed by atoms with Crippen LogP contribution in [-0.4, -0.2) is 42.0 Å². The van der Waals surface area contributed by atoms with E-state index in [2.05, 4.69) is 23.7 Å². The number of nitrogens with zero attached hydrogens (tertiary/aromatic N) is 3. The van der Waals surface area contributed by atoms with Crippen LogP contribution in [0.25, 0.3) is 10.2 Å². The Balaban J connectivity index is 1.80. The van der Waals surface area contributed by atoms with E-state index in [1.54, 1.807) is 11.0 Å². The molecule has 0 radical (unpaired) electrons. The Morgan fingerprint density at radius 2 is 1.79 bits per heavy atom. The smallest absolute Gasteiger partial charge is 0.229 e. The van der Waals surface area contributed by atoms with E-state index in [0.717, 1.165) is 29.9 Å². The van der Waals surface area contributed by atoms with Gasteiger partial charge in [-0.15, -0.1) is 0 Å². The molecule has 0 fully saturated rings. The Kier molecular flexibility index (Phi) is 7.12. The van der Waals surface area contributed by atoms with Crippen molar-refractivity contribution in [1.29, 1.82) is 0 Å². The third-order valence-corrected chi connectivity index (χ3v) is 5.94. The van der Waals surface area contributed by atoms with Crippen LogP contribution >= 0.6 is 11.3 Å². The van der Waals surface area contributed by atoms with Gasteiger partial charge in [0.05, 0.1) is 4.70 Å². The standard InChI is InChI=1S/C22H26FN3OS/c1-3-25(4-2)15-16-26(20(27)14-13-17-9-6-5-7-10-17)22-24-21-18(23)11-8-12-19(21)28-22/h5-12H,3-4,13-16H2,1-2H3. The number of carbonyl (C=O) groups is 1. The molecule has 0 spiro atoms. The van der Waals surface area contributed by atoms with Crippen LogP contribution in [0, 0.1) is 5.82 Å². The van der Waals surface area contributed by atoms with Crippen molar-refractivity contribution in [3.8, 4) is 0 Å². The summed E-state index contributed by atoms with van der Waals surface area (Å²) < 4.78 is 14.9. The summed E-state index contributed by atoms with van der Waals surface area (Å²) in [6, 6.07) is 14.9. The molecule has 148 valence electrons. The van der Waals surface area contributed by atoms with Gasteiger partial charge in [0.15, 0.2) is 5.13 Å². The number of rotatable bonds is 9. The van der Waals surface area contributed by atoms with Gasteiger partial charge in [0, 0.05) is 19.5 Å². The van der Waals surface area contributed by atoms with Gasteiger partial charge >= 0.3 is 0 Å². The summed E-state index contributed by atoms with van der Waals surface area (Å²) in [6.45, 7) is 7.39. The molecule has 28 heavy (non-hydrogen) atoms. The summed E-state index contributed by atoms with van der Waals surface area (Å²) in [5.41, 5.74) is 1.47. The number of amides is 1. The normalized spacial score (nSPS) is 11.3. The number of aromatic nitrogens is 1. The topological polar surface area (TPSA) is 36.4 Å². The zero-order chi connectivity index (χ0) is 19.9. The minimum Gasteiger partial charge on any atom is -0.302 e. The largest absolute Gasteiger partial charge is 0.302 e. The monoisotopic (exact) mass is 399 g/mol. The van der Waals surface area contributed by atoms with E-state index in [9.17, 15) is 9.18 Å². The highest BCUT2D eigenvalue weighted by Crippen LogP contribution is 2.30. The fraction of sp³-hybridized carbons (Fsp3) is 0.364. The van der Waals surface area contributed by atoms with E-state index >= 15 is 0 Å². The Bertz CT molecular complexity index is 909. The fourth-order valence-electron chi connectivity index (χ4n) is 3.16. The molecule has 4 nitrogen and oxygen atoms in total. The van der Waals surface area contributed by atoms with Crippen molar-refractivity contribution < 1.29 is 9.18 Å². The molecular formula is C22H26FN3OS. The van der Waals surface area contributed by atoms with Gasteiger partial charge in [-0.2, -0.15) is 0 Å². The molecule has 1 heterocycles. The number of anilines is 1. The summed E-state index contributed by atoms with van der Waals surface area (Å²) in [5, 5.41) is 0.574. The zero-order valence-corrected chi connectivity index (χ0v) is 17.2. The minimum absolute atomic E-state index is 0.0236. The number of likely N-dealkylation sites (N-methyl/N-ethyl adjacent to an activating group) is 1. The molecule has 6 heteroatoms. The van der Waals surface area contributed by atoms with Gasteiger partial charge in [-0.3, -0.25) is 9.69 Å². The van der Waals surface area contributed by atoms with Crippen molar-refractivity contribution in [1.82, 2.24) is 9.88 Å². The van der Waals surface area contributed by atoms with Crippen LogP contribution in [0.2, 0.25) is 0 Å². The molecule has 0 aliphatic rings. The van der Waals surface area contributed by atoms with Gasteiger partial charge < -0.3 is 4.90 Å². The molecule has 0 unspecified atom stereocenters. The van der Waals surface area contributed by atoms with Gasteiger partial charge in [0.25, 0.3) is 0 Å². The van der Waals surface area contributed by atoms with Crippen LogP contribution in [0.5, 0.6) is 0 Å². The summed E-state index contributed by atoms with van der Waals surface area (Å²) in [5.74, 6) is -0.323. The molecule has 1 aromatic heterocycles. The maximum absolute atomic E-state index is 14.1. The molecule has 3 aromatic rings. The van der Waals surface area contributed by atoms with Gasteiger partial charge in [0.1, 0.15) is 11.3 Å². The van der Waals surface area contributed by atoms with Gasteiger partial charge in [-0.1, -0.05) is 61.6 Å². The maximum atomic E-state index is 14.1. The third-order valence-electron chi connectivity index (χ3n) is 4.90. The summed E-state index contributed by atoms with van der Waals surface area (Å²) >= 11 is 1.37.